The lowest BCUT2D eigenvalue weighted by Crippen LogP contribution is -2.23. The van der Waals surface area contributed by atoms with Gasteiger partial charge in [0, 0.05) is 44.2 Å². The molecule has 0 spiro atoms. The molecule has 2 nitrogen and oxygen atoms in total. The van der Waals surface area contributed by atoms with E-state index < -0.39 is 0 Å². The zero-order valence-electron chi connectivity index (χ0n) is 34.1. The second-order valence-corrected chi connectivity index (χ2v) is 17.5. The Hall–Kier alpha value is -7.68. The fraction of sp³-hybridized carbons (Fsp3) is 0.0667. The summed E-state index contributed by atoms with van der Waals surface area (Å²) in [5, 5.41) is 10.5. The molecule has 2 aromatic heterocycles. The molecule has 0 bridgehead atoms. The van der Waals surface area contributed by atoms with Crippen molar-refractivity contribution in [2.75, 3.05) is 0 Å². The number of nitrogens with zero attached hydrogens (tertiary/aromatic N) is 2. The normalized spacial score (nSPS) is 16.7. The zero-order valence-corrected chi connectivity index (χ0v) is 34.1. The van der Waals surface area contributed by atoms with Gasteiger partial charge in [-0.15, -0.1) is 0 Å². The number of hydrogen-bond acceptors (Lipinski definition) is 0. The second kappa shape index (κ2) is 12.9. The first-order chi connectivity index (χ1) is 30.8. The Morgan fingerprint density at radius 1 is 0.419 bits per heavy atom. The van der Waals surface area contributed by atoms with Crippen molar-refractivity contribution in [1.29, 1.82) is 0 Å². The van der Waals surface area contributed by atoms with Crippen LogP contribution in [0.1, 0.15) is 24.4 Å². The van der Waals surface area contributed by atoms with E-state index in [9.17, 15) is 0 Å². The highest BCUT2D eigenvalue weighted by atomic mass is 15.0. The average molecular weight is 789 g/mol. The van der Waals surface area contributed by atoms with E-state index >= 15 is 0 Å². The van der Waals surface area contributed by atoms with E-state index in [-0.39, 0.29) is 6.04 Å². The van der Waals surface area contributed by atoms with E-state index in [0.29, 0.717) is 5.92 Å². The van der Waals surface area contributed by atoms with E-state index in [1.54, 1.807) is 0 Å². The predicted octanol–water partition coefficient (Wildman–Crippen LogP) is 16.0. The molecule has 0 saturated carbocycles. The summed E-state index contributed by atoms with van der Waals surface area (Å²) in [6, 6.07) is 68.2. The van der Waals surface area contributed by atoms with Crippen LogP contribution in [0.15, 0.2) is 212 Å². The van der Waals surface area contributed by atoms with Crippen LogP contribution in [0, 0.1) is 5.92 Å². The van der Waals surface area contributed by atoms with Gasteiger partial charge in [-0.25, -0.2) is 0 Å². The number of para-hydroxylation sites is 3. The maximum Gasteiger partial charge on any atom is 0.0594 e. The maximum absolute atomic E-state index is 2.65. The number of benzene rings is 9. The van der Waals surface area contributed by atoms with Gasteiger partial charge in [0.05, 0.1) is 17.1 Å². The predicted molar refractivity (Wildman–Crippen MR) is 262 cm³/mol. The van der Waals surface area contributed by atoms with Crippen LogP contribution in [0.4, 0.5) is 0 Å². The smallest absolute Gasteiger partial charge is 0.0594 e. The highest BCUT2D eigenvalue weighted by Gasteiger charge is 2.33. The van der Waals surface area contributed by atoms with Gasteiger partial charge in [-0.2, -0.15) is 0 Å². The number of fused-ring (bicyclic) bond motifs is 12. The number of aromatic nitrogens is 2. The largest absolute Gasteiger partial charge is 0.333 e. The minimum atomic E-state index is 0.200. The van der Waals surface area contributed by atoms with Gasteiger partial charge >= 0.3 is 0 Å². The van der Waals surface area contributed by atoms with Crippen LogP contribution in [-0.4, -0.2) is 9.13 Å². The van der Waals surface area contributed by atoms with Gasteiger partial charge in [-0.05, 0) is 145 Å². The molecule has 0 N–H and O–H groups in total. The maximum atomic E-state index is 2.65. The Labute approximate surface area is 359 Å². The first-order valence-corrected chi connectivity index (χ1v) is 22.1. The third-order valence-electron chi connectivity index (χ3n) is 14.3. The van der Waals surface area contributed by atoms with Gasteiger partial charge < -0.3 is 9.13 Å². The summed E-state index contributed by atoms with van der Waals surface area (Å²) in [5.74, 6) is 0.362. The molecule has 0 amide bonds. The van der Waals surface area contributed by atoms with Crippen molar-refractivity contribution in [3.05, 3.63) is 217 Å². The fourth-order valence-electron chi connectivity index (χ4n) is 11.6. The van der Waals surface area contributed by atoms with Crippen molar-refractivity contribution >= 4 is 70.7 Å². The Balaban J connectivity index is 0.879. The first-order valence-electron chi connectivity index (χ1n) is 22.1. The molecule has 9 aromatic carbocycles. The summed E-state index contributed by atoms with van der Waals surface area (Å²) in [4.78, 5) is 0. The van der Waals surface area contributed by atoms with Gasteiger partial charge in [0.25, 0.3) is 0 Å². The molecule has 2 unspecified atom stereocenters. The Kier molecular flexibility index (Phi) is 7.10. The molecule has 290 valence electrons. The Bertz CT molecular complexity index is 3810. The van der Waals surface area contributed by atoms with Gasteiger partial charge in [0.2, 0.25) is 0 Å². The van der Waals surface area contributed by atoms with Crippen LogP contribution in [0.2, 0.25) is 0 Å². The minimum absolute atomic E-state index is 0.200. The summed E-state index contributed by atoms with van der Waals surface area (Å²) in [6.07, 6.45) is 12.0. The van der Waals surface area contributed by atoms with Crippen LogP contribution in [0.25, 0.3) is 110 Å². The Morgan fingerprint density at radius 2 is 1.08 bits per heavy atom. The number of allylic oxidation sites excluding steroid dienone is 6. The quantitative estimate of drug-likeness (QED) is 0.157. The summed E-state index contributed by atoms with van der Waals surface area (Å²) in [7, 11) is 0. The summed E-state index contributed by atoms with van der Waals surface area (Å²) in [5.41, 5.74) is 18.2. The van der Waals surface area contributed by atoms with Crippen molar-refractivity contribution in [2.24, 2.45) is 5.92 Å². The highest BCUT2D eigenvalue weighted by Crippen LogP contribution is 2.52. The highest BCUT2D eigenvalue weighted by molar-refractivity contribution is 6.23. The van der Waals surface area contributed by atoms with Crippen LogP contribution < -0.4 is 0 Å². The third-order valence-corrected chi connectivity index (χ3v) is 14.3. The van der Waals surface area contributed by atoms with E-state index in [4.69, 9.17) is 0 Å². The molecule has 2 heterocycles. The molecule has 2 atom stereocenters. The van der Waals surface area contributed by atoms with Gasteiger partial charge in [-0.3, -0.25) is 0 Å². The molecule has 2 heteroatoms. The lowest BCUT2D eigenvalue weighted by Gasteiger charge is -2.35. The molecule has 0 saturated heterocycles. The summed E-state index contributed by atoms with van der Waals surface area (Å²) >= 11 is 0. The molecule has 62 heavy (non-hydrogen) atoms. The zero-order chi connectivity index (χ0) is 40.5. The lowest BCUT2D eigenvalue weighted by molar-refractivity contribution is 0.429. The molecule has 14 rings (SSSR count). The van der Waals surface area contributed by atoms with Crippen molar-refractivity contribution in [3.8, 4) is 39.1 Å². The summed E-state index contributed by atoms with van der Waals surface area (Å²) in [6.45, 7) is 0. The fourth-order valence-corrected chi connectivity index (χ4v) is 11.6. The van der Waals surface area contributed by atoms with Crippen molar-refractivity contribution in [3.63, 3.8) is 0 Å². The van der Waals surface area contributed by atoms with Crippen LogP contribution in [-0.2, 0) is 0 Å². The van der Waals surface area contributed by atoms with Crippen LogP contribution >= 0.6 is 0 Å². The van der Waals surface area contributed by atoms with Gasteiger partial charge in [-0.1, -0.05) is 146 Å². The van der Waals surface area contributed by atoms with Gasteiger partial charge in [0.15, 0.2) is 0 Å². The number of hydrogen-bond donors (Lipinski definition) is 0. The molecule has 0 radical (unpaired) electrons. The molecule has 0 fully saturated rings. The lowest BCUT2D eigenvalue weighted by atomic mass is 9.75. The van der Waals surface area contributed by atoms with Crippen LogP contribution in [0.3, 0.4) is 0 Å². The van der Waals surface area contributed by atoms with Crippen molar-refractivity contribution in [2.45, 2.75) is 18.9 Å². The first kappa shape index (κ1) is 34.1. The molecular formula is C60H40N2. The van der Waals surface area contributed by atoms with E-state index in [1.807, 2.05) is 0 Å². The molecule has 3 aliphatic rings. The van der Waals surface area contributed by atoms with E-state index in [1.165, 1.54) is 121 Å². The second-order valence-electron chi connectivity index (χ2n) is 17.5. The molecular weight excluding hydrogens is 749 g/mol. The molecule has 11 aromatic rings. The van der Waals surface area contributed by atoms with E-state index in [0.717, 1.165) is 12.8 Å². The molecule has 3 aliphatic carbocycles. The summed E-state index contributed by atoms with van der Waals surface area (Å²) < 4.78 is 5.04. The minimum Gasteiger partial charge on any atom is -0.333 e. The third kappa shape index (κ3) is 4.75. The Morgan fingerprint density at radius 3 is 1.94 bits per heavy atom. The van der Waals surface area contributed by atoms with Crippen LogP contribution in [0.5, 0.6) is 0 Å². The monoisotopic (exact) mass is 788 g/mol. The standard InChI is InChI=1S/C60H40N2/c1-2-14-41(15-3-1)61-55-23-10-8-19-47(55)52-33-37(26-30-58(52)61)38-27-31-59-53(34-38)48-20-9-11-24-56(48)62(59)57-32-29-43(44-17-6-7-18-46(44)57)40-25-28-45-50-22-12-21-49-42-16-5-4-13-39(42)36-54(60(49)50)51(45)35-40/h1-6,8-17,19-36,46,57H,7,18H2. The molecule has 0 aliphatic heterocycles. The van der Waals surface area contributed by atoms with E-state index in [2.05, 4.69) is 215 Å². The topological polar surface area (TPSA) is 9.86 Å². The SMILES string of the molecule is C1=CC2=C(c3ccc4c(c3)-c3cc5ccccc5c5cccc-4c35)C=CC(n3c4ccccc4c4cc(-c5ccc6c(c5)c5ccccc5n6-c5ccccc5)ccc43)C2CC1. The number of rotatable bonds is 4. The van der Waals surface area contributed by atoms with Gasteiger partial charge in [0.1, 0.15) is 0 Å². The van der Waals surface area contributed by atoms with Crippen molar-refractivity contribution < 1.29 is 0 Å². The average Bonchev–Trinajstić information content (AvgIpc) is 3.97. The van der Waals surface area contributed by atoms with Crippen molar-refractivity contribution in [1.82, 2.24) is 9.13 Å².